The third-order valence-electron chi connectivity index (χ3n) is 3.93. The second kappa shape index (κ2) is 5.86. The highest BCUT2D eigenvalue weighted by Crippen LogP contribution is 2.19. The molecule has 2 aliphatic rings. The van der Waals surface area contributed by atoms with Crippen molar-refractivity contribution in [2.24, 2.45) is 0 Å². The zero-order valence-corrected chi connectivity index (χ0v) is 10.1. The van der Waals surface area contributed by atoms with Gasteiger partial charge in [0.25, 0.3) is 0 Å². The Morgan fingerprint density at radius 2 is 1.93 bits per heavy atom. The largest absolute Gasteiger partial charge is 0.314 e. The van der Waals surface area contributed by atoms with Gasteiger partial charge in [-0.05, 0) is 45.6 Å². The Kier molecular flexibility index (Phi) is 4.45. The second-order valence-corrected chi connectivity index (χ2v) is 5.43. The van der Waals surface area contributed by atoms with Gasteiger partial charge in [-0.2, -0.15) is 0 Å². The Morgan fingerprint density at radius 1 is 1.13 bits per heavy atom. The van der Waals surface area contributed by atoms with Crippen LogP contribution in [0.5, 0.6) is 0 Å². The number of nitrogens with one attached hydrogen (secondary N) is 2. The van der Waals surface area contributed by atoms with Crippen molar-refractivity contribution in [3.8, 4) is 0 Å². The molecule has 0 radical (unpaired) electrons. The van der Waals surface area contributed by atoms with E-state index in [1.54, 1.807) is 0 Å². The average Bonchev–Trinajstić information content (AvgIpc) is 2.71. The maximum absolute atomic E-state index is 3.81. The minimum Gasteiger partial charge on any atom is -0.314 e. The molecule has 2 nitrogen and oxygen atoms in total. The zero-order valence-electron chi connectivity index (χ0n) is 10.1. The molecule has 1 saturated carbocycles. The molecule has 2 fully saturated rings. The van der Waals surface area contributed by atoms with Gasteiger partial charge in [-0.1, -0.05) is 19.3 Å². The van der Waals surface area contributed by atoms with Crippen LogP contribution in [0.3, 0.4) is 0 Å². The number of hydrogen-bond acceptors (Lipinski definition) is 2. The van der Waals surface area contributed by atoms with Crippen molar-refractivity contribution in [1.29, 1.82) is 0 Å². The Balaban J connectivity index is 1.64. The van der Waals surface area contributed by atoms with Crippen LogP contribution in [0.25, 0.3) is 0 Å². The van der Waals surface area contributed by atoms with E-state index < -0.39 is 0 Å². The SMILES string of the molecule is CC(CC1CCCN1)NC1CCCCC1. The highest BCUT2D eigenvalue weighted by molar-refractivity contribution is 4.81. The standard InChI is InChI=1S/C13H26N2/c1-11(10-13-8-5-9-14-13)15-12-6-3-2-4-7-12/h11-15H,2-10H2,1H3. The molecule has 2 unspecified atom stereocenters. The molecule has 0 aromatic heterocycles. The first-order valence-corrected chi connectivity index (χ1v) is 6.84. The molecule has 88 valence electrons. The first-order valence-electron chi connectivity index (χ1n) is 6.84. The summed E-state index contributed by atoms with van der Waals surface area (Å²) >= 11 is 0. The van der Waals surface area contributed by atoms with Crippen molar-refractivity contribution in [3.63, 3.8) is 0 Å². The molecule has 15 heavy (non-hydrogen) atoms. The van der Waals surface area contributed by atoms with E-state index in [9.17, 15) is 0 Å². The zero-order chi connectivity index (χ0) is 10.5. The van der Waals surface area contributed by atoms with E-state index in [1.165, 1.54) is 57.9 Å². The van der Waals surface area contributed by atoms with Crippen molar-refractivity contribution in [2.45, 2.75) is 76.4 Å². The molecule has 0 spiro atoms. The number of hydrogen-bond donors (Lipinski definition) is 2. The van der Waals surface area contributed by atoms with E-state index in [0.29, 0.717) is 6.04 Å². The molecule has 2 rings (SSSR count). The predicted molar refractivity (Wildman–Crippen MR) is 65.1 cm³/mol. The van der Waals surface area contributed by atoms with E-state index in [4.69, 9.17) is 0 Å². The second-order valence-electron chi connectivity index (χ2n) is 5.43. The molecule has 0 aromatic rings. The molecule has 2 heteroatoms. The lowest BCUT2D eigenvalue weighted by Crippen LogP contribution is -2.40. The predicted octanol–water partition coefficient (Wildman–Crippen LogP) is 2.44. The van der Waals surface area contributed by atoms with Crippen molar-refractivity contribution < 1.29 is 0 Å². The maximum Gasteiger partial charge on any atom is 0.00822 e. The fourth-order valence-corrected chi connectivity index (χ4v) is 3.12. The van der Waals surface area contributed by atoms with Gasteiger partial charge in [0, 0.05) is 18.1 Å². The van der Waals surface area contributed by atoms with Gasteiger partial charge in [-0.15, -0.1) is 0 Å². The van der Waals surface area contributed by atoms with Crippen molar-refractivity contribution in [1.82, 2.24) is 10.6 Å². The molecule has 1 aliphatic heterocycles. The van der Waals surface area contributed by atoms with Crippen LogP contribution in [-0.4, -0.2) is 24.7 Å². The van der Waals surface area contributed by atoms with Crippen LogP contribution >= 0.6 is 0 Å². The lowest BCUT2D eigenvalue weighted by atomic mass is 9.94. The van der Waals surface area contributed by atoms with Crippen molar-refractivity contribution in [2.75, 3.05) is 6.54 Å². The number of rotatable bonds is 4. The quantitative estimate of drug-likeness (QED) is 0.745. The third kappa shape index (κ3) is 3.76. The lowest BCUT2D eigenvalue weighted by Gasteiger charge is -2.28. The Morgan fingerprint density at radius 3 is 2.60 bits per heavy atom. The maximum atomic E-state index is 3.81. The Labute approximate surface area is 94.2 Å². The van der Waals surface area contributed by atoms with Crippen molar-refractivity contribution >= 4 is 0 Å². The van der Waals surface area contributed by atoms with Crippen LogP contribution in [-0.2, 0) is 0 Å². The van der Waals surface area contributed by atoms with Gasteiger partial charge in [0.1, 0.15) is 0 Å². The Hall–Kier alpha value is -0.0800. The minimum absolute atomic E-state index is 0.698. The van der Waals surface area contributed by atoms with Crippen LogP contribution < -0.4 is 10.6 Å². The molecule has 1 saturated heterocycles. The first-order chi connectivity index (χ1) is 7.34. The van der Waals surface area contributed by atoms with Gasteiger partial charge in [0.15, 0.2) is 0 Å². The molecule has 0 bridgehead atoms. The van der Waals surface area contributed by atoms with Crippen LogP contribution in [0.1, 0.15) is 58.3 Å². The third-order valence-corrected chi connectivity index (χ3v) is 3.93. The summed E-state index contributed by atoms with van der Waals surface area (Å²) in [5.41, 5.74) is 0. The monoisotopic (exact) mass is 210 g/mol. The van der Waals surface area contributed by atoms with Gasteiger partial charge in [-0.3, -0.25) is 0 Å². The van der Waals surface area contributed by atoms with Crippen LogP contribution in [0, 0.1) is 0 Å². The molecule has 2 N–H and O–H groups in total. The van der Waals surface area contributed by atoms with E-state index in [2.05, 4.69) is 17.6 Å². The summed E-state index contributed by atoms with van der Waals surface area (Å²) in [5.74, 6) is 0. The molecule has 2 atom stereocenters. The fraction of sp³-hybridized carbons (Fsp3) is 1.00. The van der Waals surface area contributed by atoms with Crippen LogP contribution in [0.2, 0.25) is 0 Å². The first kappa shape index (κ1) is 11.4. The van der Waals surface area contributed by atoms with E-state index in [1.807, 2.05) is 0 Å². The van der Waals surface area contributed by atoms with E-state index >= 15 is 0 Å². The normalized spacial score (nSPS) is 30.6. The van der Waals surface area contributed by atoms with Gasteiger partial charge in [0.2, 0.25) is 0 Å². The summed E-state index contributed by atoms with van der Waals surface area (Å²) < 4.78 is 0. The van der Waals surface area contributed by atoms with Gasteiger partial charge in [0.05, 0.1) is 0 Å². The van der Waals surface area contributed by atoms with Crippen LogP contribution in [0.15, 0.2) is 0 Å². The average molecular weight is 210 g/mol. The molecule has 0 aromatic carbocycles. The van der Waals surface area contributed by atoms with E-state index in [0.717, 1.165) is 12.1 Å². The molecule has 0 amide bonds. The fourth-order valence-electron chi connectivity index (χ4n) is 3.12. The molecule has 1 heterocycles. The summed E-state index contributed by atoms with van der Waals surface area (Å²) in [5, 5.41) is 7.39. The van der Waals surface area contributed by atoms with Gasteiger partial charge in [-0.25, -0.2) is 0 Å². The topological polar surface area (TPSA) is 24.1 Å². The smallest absolute Gasteiger partial charge is 0.00822 e. The summed E-state index contributed by atoms with van der Waals surface area (Å²) in [7, 11) is 0. The molecular formula is C13H26N2. The Bertz CT molecular complexity index is 169. The van der Waals surface area contributed by atoms with E-state index in [-0.39, 0.29) is 0 Å². The summed E-state index contributed by atoms with van der Waals surface area (Å²) in [6.07, 6.45) is 11.2. The van der Waals surface area contributed by atoms with Gasteiger partial charge >= 0.3 is 0 Å². The van der Waals surface area contributed by atoms with Gasteiger partial charge < -0.3 is 10.6 Å². The lowest BCUT2D eigenvalue weighted by molar-refractivity contribution is 0.323. The highest BCUT2D eigenvalue weighted by Gasteiger charge is 2.20. The van der Waals surface area contributed by atoms with Crippen molar-refractivity contribution in [3.05, 3.63) is 0 Å². The summed E-state index contributed by atoms with van der Waals surface area (Å²) in [6, 6.07) is 2.30. The summed E-state index contributed by atoms with van der Waals surface area (Å²) in [6.45, 7) is 3.59. The highest BCUT2D eigenvalue weighted by atomic mass is 15.0. The minimum atomic E-state index is 0.698. The van der Waals surface area contributed by atoms with Crippen LogP contribution in [0.4, 0.5) is 0 Å². The molecular weight excluding hydrogens is 184 g/mol. The summed E-state index contributed by atoms with van der Waals surface area (Å²) in [4.78, 5) is 0. The molecule has 1 aliphatic carbocycles.